The molecule has 9 aliphatic rings. The summed E-state index contributed by atoms with van der Waals surface area (Å²) in [4.78, 5) is 139. The van der Waals surface area contributed by atoms with Crippen LogP contribution >= 0.6 is 0 Å². The fraction of sp³-hybridized carbons (Fsp3) is 0.800. The number of aliphatic carboxylic acids is 1. The van der Waals surface area contributed by atoms with Gasteiger partial charge in [-0.25, -0.2) is 0 Å². The van der Waals surface area contributed by atoms with Crippen LogP contribution in [0.3, 0.4) is 0 Å². The number of carboxylic acids is 1. The Labute approximate surface area is 393 Å². The van der Waals surface area contributed by atoms with Crippen LogP contribution < -0.4 is 0 Å². The Morgan fingerprint density at radius 3 is 1.43 bits per heavy atom. The molecule has 3 aliphatic heterocycles. The zero-order chi connectivity index (χ0) is 49.4. The van der Waals surface area contributed by atoms with E-state index in [0.29, 0.717) is 19.3 Å². The minimum Gasteiger partial charge on any atom is -0.481 e. The molecule has 6 bridgehead atoms. The van der Waals surface area contributed by atoms with Gasteiger partial charge in [0.05, 0.1) is 65.8 Å². The Hall–Kier alpha value is -4.74. The summed E-state index contributed by atoms with van der Waals surface area (Å²) < 4.78 is 33.7. The van der Waals surface area contributed by atoms with E-state index in [-0.39, 0.29) is 32.5 Å². The summed E-state index contributed by atoms with van der Waals surface area (Å²) in [7, 11) is 0. The molecule has 0 aromatic rings. The molecule has 3 heterocycles. The lowest BCUT2D eigenvalue weighted by Crippen LogP contribution is -2.52. The topological polar surface area (TPSA) is 267 Å². The normalized spacial score (nSPS) is 44.7. The highest BCUT2D eigenvalue weighted by Gasteiger charge is 2.74. The minimum atomic E-state index is -1.32. The van der Waals surface area contributed by atoms with Gasteiger partial charge in [-0.15, -0.1) is 0 Å². The summed E-state index contributed by atoms with van der Waals surface area (Å²) in [5.74, 6) is -26.5. The van der Waals surface area contributed by atoms with E-state index in [2.05, 4.69) is 0 Å². The Morgan fingerprint density at radius 2 is 0.956 bits per heavy atom. The summed E-state index contributed by atoms with van der Waals surface area (Å²) in [5, 5.41) is 19.8. The average molecular weight is 953 g/mol. The lowest BCUT2D eigenvalue weighted by atomic mass is 9.54. The molecule has 0 aromatic heterocycles. The Bertz CT molecular complexity index is 2200. The number of aliphatic hydroxyl groups excluding tert-OH is 1. The van der Waals surface area contributed by atoms with Crippen molar-refractivity contribution >= 4 is 59.7 Å². The van der Waals surface area contributed by atoms with Crippen molar-refractivity contribution in [3.8, 4) is 0 Å². The second-order valence-corrected chi connectivity index (χ2v) is 23.7. The first-order chi connectivity index (χ1) is 31.8. The molecule has 18 nitrogen and oxygen atoms in total. The predicted octanol–water partition coefficient (Wildman–Crippen LogP) is 3.56. The van der Waals surface area contributed by atoms with Gasteiger partial charge in [-0.05, 0) is 145 Å². The number of hydrogen-bond acceptors (Lipinski definition) is 17. The summed E-state index contributed by atoms with van der Waals surface area (Å²) in [5.41, 5.74) is -1.81. The number of hydrogen-bond donors (Lipinski definition) is 2. The lowest BCUT2D eigenvalue weighted by molar-refractivity contribution is -0.179. The maximum Gasteiger partial charge on any atom is 0.317 e. The summed E-state index contributed by atoms with van der Waals surface area (Å²) >= 11 is 0. The molecule has 9 fully saturated rings. The number of esters is 9. The molecule has 22 atom stereocenters. The Kier molecular flexibility index (Phi) is 12.1. The van der Waals surface area contributed by atoms with Gasteiger partial charge in [-0.2, -0.15) is 0 Å². The maximum absolute atomic E-state index is 14.6. The van der Waals surface area contributed by atoms with E-state index >= 15 is 0 Å². The molecule has 0 radical (unpaired) electrons. The van der Waals surface area contributed by atoms with Gasteiger partial charge in [0.25, 0.3) is 0 Å². The largest absolute Gasteiger partial charge is 0.481 e. The second kappa shape index (κ2) is 17.0. The molecular formula is C50H64O18. The molecule has 6 saturated carbocycles. The molecule has 9 rings (SSSR count). The Balaban J connectivity index is 1.12. The number of aliphatic hydroxyl groups is 1. The third-order valence-corrected chi connectivity index (χ3v) is 18.1. The van der Waals surface area contributed by atoms with Crippen LogP contribution in [0.25, 0.3) is 0 Å². The van der Waals surface area contributed by atoms with Gasteiger partial charge in [0, 0.05) is 13.0 Å². The van der Waals surface area contributed by atoms with Gasteiger partial charge in [0.1, 0.15) is 11.2 Å². The molecule has 18 heteroatoms. The smallest absolute Gasteiger partial charge is 0.317 e. The molecule has 68 heavy (non-hydrogen) atoms. The highest BCUT2D eigenvalue weighted by molar-refractivity contribution is 6.00. The van der Waals surface area contributed by atoms with E-state index in [9.17, 15) is 58.2 Å². The SMILES string of the molecule is CC1C(=O)OC(=O)C1C1C2CC(CC2C(=O)O)C1C1C(=O)OC(=O)C1C1C2CC(CC2C(=O)OCCCO)C1C1C(=O)OC(=O)C1C1C(C)C2CC1C(C(=O)OC(C)(C)C)C2C(=O)OC(C)(C)C. The van der Waals surface area contributed by atoms with Crippen molar-refractivity contribution < 1.29 is 86.6 Å². The lowest BCUT2D eigenvalue weighted by Gasteiger charge is -2.46. The fourth-order valence-electron chi connectivity index (χ4n) is 16.4. The Morgan fingerprint density at radius 1 is 0.529 bits per heavy atom. The number of carbonyl (C=O) groups is 10. The van der Waals surface area contributed by atoms with Gasteiger partial charge < -0.3 is 38.6 Å². The van der Waals surface area contributed by atoms with E-state index in [1.54, 1.807) is 41.5 Å². The van der Waals surface area contributed by atoms with Crippen LogP contribution in [0.4, 0.5) is 0 Å². The van der Waals surface area contributed by atoms with Crippen molar-refractivity contribution in [3.05, 3.63) is 0 Å². The quantitative estimate of drug-likeness (QED) is 0.123. The molecule has 2 N–H and O–H groups in total. The third kappa shape index (κ3) is 7.67. The van der Waals surface area contributed by atoms with Crippen LogP contribution in [-0.4, -0.2) is 94.3 Å². The van der Waals surface area contributed by atoms with Crippen molar-refractivity contribution in [2.24, 2.45) is 130 Å². The van der Waals surface area contributed by atoms with E-state index in [4.69, 9.17) is 28.4 Å². The highest BCUT2D eigenvalue weighted by atomic mass is 16.6. The van der Waals surface area contributed by atoms with Crippen molar-refractivity contribution in [2.75, 3.05) is 13.2 Å². The van der Waals surface area contributed by atoms with Gasteiger partial charge in [0.15, 0.2) is 0 Å². The standard InChI is InChI=1S/C50H64O18/c1-17-21-16-26(34(48(62)68-50(6,7)8)33(21)47(61)67-49(3,4)5)27(17)35-36(44(58)65-43(35)57)30-20-13-23(25(15-20)41(55)63-11-9-10-51)32(30)38-37(45(59)66-46(38)60)29-19-12-22(24(14-19)39(52)53)31(29)28-18(2)40(54)64-42(28)56/h17-38,51H,9-16H2,1-8H3,(H,52,53). The van der Waals surface area contributed by atoms with Crippen LogP contribution in [-0.2, 0) is 76.4 Å². The number of ether oxygens (including phenoxy) is 6. The molecule has 6 aliphatic carbocycles. The summed E-state index contributed by atoms with van der Waals surface area (Å²) in [6.45, 7) is 13.4. The van der Waals surface area contributed by atoms with E-state index < -0.39 is 201 Å². The summed E-state index contributed by atoms with van der Waals surface area (Å²) in [6.07, 6.45) is 1.50. The van der Waals surface area contributed by atoms with Crippen LogP contribution in [0.15, 0.2) is 0 Å². The molecular weight excluding hydrogens is 889 g/mol. The molecule has 0 aromatic carbocycles. The average Bonchev–Trinajstić information content (AvgIpc) is 4.11. The summed E-state index contributed by atoms with van der Waals surface area (Å²) in [6, 6.07) is 0. The molecule has 0 spiro atoms. The van der Waals surface area contributed by atoms with Crippen LogP contribution in [0, 0.1) is 130 Å². The minimum absolute atomic E-state index is 0.0768. The van der Waals surface area contributed by atoms with Crippen molar-refractivity contribution in [1.82, 2.24) is 0 Å². The first-order valence-electron chi connectivity index (χ1n) is 24.6. The monoisotopic (exact) mass is 952 g/mol. The van der Waals surface area contributed by atoms with Gasteiger partial charge in [-0.1, -0.05) is 13.8 Å². The highest BCUT2D eigenvalue weighted by Crippen LogP contribution is 2.70. The number of rotatable bonds is 12. The van der Waals surface area contributed by atoms with Gasteiger partial charge in [0.2, 0.25) is 0 Å². The van der Waals surface area contributed by atoms with Crippen LogP contribution in [0.1, 0.15) is 93.9 Å². The number of cyclic esters (lactones) is 6. The number of carboxylic acid groups (broad SMARTS) is 1. The first kappa shape index (κ1) is 48.3. The predicted molar refractivity (Wildman–Crippen MR) is 226 cm³/mol. The zero-order valence-corrected chi connectivity index (χ0v) is 39.8. The van der Waals surface area contributed by atoms with E-state index in [0.717, 1.165) is 0 Å². The number of fused-ring (bicyclic) bond motifs is 6. The molecule has 0 amide bonds. The number of carbonyl (C=O) groups excluding carboxylic acids is 9. The zero-order valence-electron chi connectivity index (χ0n) is 39.8. The van der Waals surface area contributed by atoms with Crippen LogP contribution in [0.5, 0.6) is 0 Å². The fourth-order valence-corrected chi connectivity index (χ4v) is 16.4. The second-order valence-electron chi connectivity index (χ2n) is 23.7. The van der Waals surface area contributed by atoms with Crippen molar-refractivity contribution in [3.63, 3.8) is 0 Å². The van der Waals surface area contributed by atoms with Crippen molar-refractivity contribution in [2.45, 2.75) is 105 Å². The van der Waals surface area contributed by atoms with Crippen LogP contribution in [0.2, 0.25) is 0 Å². The molecule has 3 saturated heterocycles. The maximum atomic E-state index is 14.6. The van der Waals surface area contributed by atoms with Gasteiger partial charge in [-0.3, -0.25) is 47.9 Å². The molecule has 22 unspecified atom stereocenters. The van der Waals surface area contributed by atoms with E-state index in [1.807, 2.05) is 6.92 Å². The van der Waals surface area contributed by atoms with Gasteiger partial charge >= 0.3 is 59.7 Å². The first-order valence-corrected chi connectivity index (χ1v) is 24.6. The third-order valence-electron chi connectivity index (χ3n) is 18.1. The van der Waals surface area contributed by atoms with Crippen molar-refractivity contribution in [1.29, 1.82) is 0 Å². The molecule has 372 valence electrons. The van der Waals surface area contributed by atoms with E-state index in [1.165, 1.54) is 6.92 Å².